The van der Waals surface area contributed by atoms with Crippen LogP contribution in [0.1, 0.15) is 53.9 Å². The quantitative estimate of drug-likeness (QED) is 0.368. The first kappa shape index (κ1) is 21.2. The van der Waals surface area contributed by atoms with Crippen LogP contribution in [-0.4, -0.2) is 16.1 Å². The molecule has 0 spiro atoms. The van der Waals surface area contributed by atoms with Crippen molar-refractivity contribution in [2.75, 3.05) is 0 Å². The summed E-state index contributed by atoms with van der Waals surface area (Å²) < 4.78 is 6.11. The van der Waals surface area contributed by atoms with Crippen LogP contribution in [0, 0.1) is 5.41 Å². The summed E-state index contributed by atoms with van der Waals surface area (Å²) in [5.41, 5.74) is 3.90. The molecule has 1 N–H and O–H groups in total. The van der Waals surface area contributed by atoms with Crippen LogP contribution in [0.4, 0.5) is 0 Å². The third kappa shape index (κ3) is 3.97. The molecule has 1 heterocycles. The Morgan fingerprint density at radius 1 is 0.939 bits per heavy atom. The molecule has 5 rings (SSSR count). The van der Waals surface area contributed by atoms with Gasteiger partial charge in [0.15, 0.2) is 0 Å². The van der Waals surface area contributed by atoms with Gasteiger partial charge in [-0.05, 0) is 59.7 Å². The maximum atomic E-state index is 12.2. The minimum Gasteiger partial charge on any atom is -0.487 e. The Morgan fingerprint density at radius 3 is 2.39 bits per heavy atom. The summed E-state index contributed by atoms with van der Waals surface area (Å²) in [4.78, 5) is 16.8. The van der Waals surface area contributed by atoms with Crippen molar-refractivity contribution in [3.63, 3.8) is 0 Å². The Bertz CT molecular complexity index is 1320. The van der Waals surface area contributed by atoms with Gasteiger partial charge in [-0.1, -0.05) is 68.4 Å². The Morgan fingerprint density at radius 2 is 1.67 bits per heavy atom. The molecule has 4 nitrogen and oxygen atoms in total. The molecule has 0 saturated heterocycles. The van der Waals surface area contributed by atoms with E-state index in [0.29, 0.717) is 17.9 Å². The Balaban J connectivity index is 1.50. The van der Waals surface area contributed by atoms with Crippen LogP contribution in [0.25, 0.3) is 10.9 Å². The zero-order valence-electron chi connectivity index (χ0n) is 18.9. The van der Waals surface area contributed by atoms with Crippen molar-refractivity contribution in [2.24, 2.45) is 5.41 Å². The highest BCUT2D eigenvalue weighted by Crippen LogP contribution is 2.59. The van der Waals surface area contributed by atoms with Gasteiger partial charge >= 0.3 is 5.97 Å². The smallest absolute Gasteiger partial charge is 0.336 e. The normalized spacial score (nSPS) is 16.2. The van der Waals surface area contributed by atoms with Gasteiger partial charge in [-0.25, -0.2) is 9.78 Å². The van der Waals surface area contributed by atoms with E-state index in [0.717, 1.165) is 40.6 Å². The molecule has 4 heteroatoms. The molecule has 0 radical (unpaired) electrons. The molecule has 0 aliphatic heterocycles. The number of para-hydroxylation sites is 1. The van der Waals surface area contributed by atoms with Crippen LogP contribution in [0.5, 0.6) is 5.75 Å². The molecule has 1 aliphatic carbocycles. The lowest BCUT2D eigenvalue weighted by molar-refractivity contribution is 0.0664. The number of carboxylic acids is 1. The molecule has 0 unspecified atom stereocenters. The van der Waals surface area contributed by atoms with E-state index in [4.69, 9.17) is 4.74 Å². The molecule has 0 bridgehead atoms. The number of aromatic nitrogens is 1. The molecule has 0 amide bonds. The third-order valence-corrected chi connectivity index (χ3v) is 6.67. The average Bonchev–Trinajstić information content (AvgIpc) is 2.81. The topological polar surface area (TPSA) is 59.4 Å². The number of hydrogen-bond donors (Lipinski definition) is 1. The standard InChI is InChI=1S/C29H27NO3/c1-28(2)18-29(19-28,21-9-4-3-5-10-21)25-16-23(14-15-24(25)27(31)32)33-17-22-13-12-20-8-6-7-11-26(20)30-22/h3-16H,17-19H2,1-2H3,(H,31,32). The first-order chi connectivity index (χ1) is 15.9. The second-order valence-corrected chi connectivity index (χ2v) is 9.76. The number of pyridine rings is 1. The van der Waals surface area contributed by atoms with Gasteiger partial charge in [-0.3, -0.25) is 0 Å². The first-order valence-electron chi connectivity index (χ1n) is 11.3. The Labute approximate surface area is 193 Å². The lowest BCUT2D eigenvalue weighted by atomic mass is 9.49. The highest BCUT2D eigenvalue weighted by Gasteiger charge is 2.52. The number of ether oxygens (including phenoxy) is 1. The molecule has 1 fully saturated rings. The van der Waals surface area contributed by atoms with Gasteiger partial charge in [-0.15, -0.1) is 0 Å². The van der Waals surface area contributed by atoms with Crippen molar-refractivity contribution in [2.45, 2.75) is 38.7 Å². The van der Waals surface area contributed by atoms with E-state index < -0.39 is 5.97 Å². The number of benzene rings is 3. The number of fused-ring (bicyclic) bond motifs is 1. The summed E-state index contributed by atoms with van der Waals surface area (Å²) in [5.74, 6) is -0.252. The van der Waals surface area contributed by atoms with Crippen LogP contribution < -0.4 is 4.74 Å². The van der Waals surface area contributed by atoms with Gasteiger partial charge in [0.1, 0.15) is 12.4 Å². The van der Waals surface area contributed by atoms with Crippen molar-refractivity contribution in [3.8, 4) is 5.75 Å². The molecule has 3 aromatic carbocycles. The lowest BCUT2D eigenvalue weighted by Gasteiger charge is -2.54. The van der Waals surface area contributed by atoms with E-state index in [-0.39, 0.29) is 10.8 Å². The summed E-state index contributed by atoms with van der Waals surface area (Å²) in [5, 5.41) is 11.1. The van der Waals surface area contributed by atoms with Gasteiger partial charge in [0.25, 0.3) is 0 Å². The molecule has 0 atom stereocenters. The van der Waals surface area contributed by atoms with Gasteiger partial charge in [0.05, 0.1) is 16.8 Å². The van der Waals surface area contributed by atoms with E-state index in [9.17, 15) is 9.90 Å². The van der Waals surface area contributed by atoms with Gasteiger partial charge < -0.3 is 9.84 Å². The van der Waals surface area contributed by atoms with Crippen LogP contribution >= 0.6 is 0 Å². The summed E-state index contributed by atoms with van der Waals surface area (Å²) >= 11 is 0. The third-order valence-electron chi connectivity index (χ3n) is 6.67. The van der Waals surface area contributed by atoms with E-state index >= 15 is 0 Å². The van der Waals surface area contributed by atoms with Crippen molar-refractivity contribution in [1.82, 2.24) is 4.98 Å². The van der Waals surface area contributed by atoms with Crippen LogP contribution in [-0.2, 0) is 12.0 Å². The van der Waals surface area contributed by atoms with E-state index in [1.54, 1.807) is 12.1 Å². The second-order valence-electron chi connectivity index (χ2n) is 9.76. The molecular weight excluding hydrogens is 410 g/mol. The summed E-state index contributed by atoms with van der Waals surface area (Å²) in [6, 6.07) is 27.6. The summed E-state index contributed by atoms with van der Waals surface area (Å²) in [6.07, 6.45) is 1.78. The second kappa shape index (κ2) is 8.04. The molecule has 1 aliphatic rings. The number of hydrogen-bond acceptors (Lipinski definition) is 3. The first-order valence-corrected chi connectivity index (χ1v) is 11.3. The fourth-order valence-corrected chi connectivity index (χ4v) is 5.43. The van der Waals surface area contributed by atoms with Gasteiger partial charge in [0.2, 0.25) is 0 Å². The van der Waals surface area contributed by atoms with Crippen LogP contribution in [0.3, 0.4) is 0 Å². The summed E-state index contributed by atoms with van der Waals surface area (Å²) in [6.45, 7) is 4.79. The zero-order chi connectivity index (χ0) is 23.1. The van der Waals surface area contributed by atoms with E-state index in [1.165, 1.54) is 0 Å². The van der Waals surface area contributed by atoms with Gasteiger partial charge in [-0.2, -0.15) is 0 Å². The SMILES string of the molecule is CC1(C)CC(c2ccccc2)(c2cc(OCc3ccc4ccccc4n3)ccc2C(=O)O)C1. The highest BCUT2D eigenvalue weighted by molar-refractivity contribution is 5.90. The number of nitrogens with zero attached hydrogens (tertiary/aromatic N) is 1. The Hall–Kier alpha value is -3.66. The summed E-state index contributed by atoms with van der Waals surface area (Å²) in [7, 11) is 0. The monoisotopic (exact) mass is 437 g/mol. The fraction of sp³-hybridized carbons (Fsp3) is 0.241. The maximum absolute atomic E-state index is 12.2. The molecule has 166 valence electrons. The minimum absolute atomic E-state index is 0.150. The van der Waals surface area contributed by atoms with Crippen molar-refractivity contribution in [1.29, 1.82) is 0 Å². The molecule has 1 aromatic heterocycles. The average molecular weight is 438 g/mol. The van der Waals surface area contributed by atoms with Crippen molar-refractivity contribution < 1.29 is 14.6 Å². The van der Waals surface area contributed by atoms with Crippen LogP contribution in [0.15, 0.2) is 84.9 Å². The maximum Gasteiger partial charge on any atom is 0.336 e. The fourth-order valence-electron chi connectivity index (χ4n) is 5.43. The zero-order valence-corrected chi connectivity index (χ0v) is 18.9. The number of carboxylic acid groups (broad SMARTS) is 1. The molecular formula is C29H27NO3. The largest absolute Gasteiger partial charge is 0.487 e. The lowest BCUT2D eigenvalue weighted by Crippen LogP contribution is -2.48. The number of aromatic carboxylic acids is 1. The predicted molar refractivity (Wildman–Crippen MR) is 130 cm³/mol. The minimum atomic E-state index is -0.909. The van der Waals surface area contributed by atoms with Crippen molar-refractivity contribution in [3.05, 3.63) is 107 Å². The van der Waals surface area contributed by atoms with E-state index in [1.807, 2.05) is 60.7 Å². The molecule has 4 aromatic rings. The number of carbonyl (C=O) groups is 1. The molecule has 1 saturated carbocycles. The van der Waals surface area contributed by atoms with E-state index in [2.05, 4.69) is 31.0 Å². The highest BCUT2D eigenvalue weighted by atomic mass is 16.5. The van der Waals surface area contributed by atoms with Crippen molar-refractivity contribution >= 4 is 16.9 Å². The number of rotatable bonds is 6. The van der Waals surface area contributed by atoms with Gasteiger partial charge in [0, 0.05) is 10.8 Å². The predicted octanol–water partition coefficient (Wildman–Crippen LogP) is 6.62. The Kier molecular flexibility index (Phi) is 5.16. The van der Waals surface area contributed by atoms with Crippen LogP contribution in [0.2, 0.25) is 0 Å². The molecule has 33 heavy (non-hydrogen) atoms.